The van der Waals surface area contributed by atoms with Crippen LogP contribution in [0.4, 0.5) is 0 Å². The van der Waals surface area contributed by atoms with Crippen molar-refractivity contribution in [2.75, 3.05) is 13.1 Å². The number of ether oxygens (including phenoxy) is 1. The van der Waals surface area contributed by atoms with Crippen LogP contribution in [0.25, 0.3) is 0 Å². The van der Waals surface area contributed by atoms with E-state index in [0.717, 1.165) is 19.3 Å². The highest BCUT2D eigenvalue weighted by Gasteiger charge is 2.29. The molecule has 0 bridgehead atoms. The smallest absolute Gasteiger partial charge is 0.338 e. The number of carbonyl (C=O) groups is 2. The molecule has 8 heteroatoms. The van der Waals surface area contributed by atoms with Gasteiger partial charge in [-0.1, -0.05) is 18.0 Å². The van der Waals surface area contributed by atoms with Crippen LogP contribution in [0.1, 0.15) is 43.5 Å². The van der Waals surface area contributed by atoms with Crippen LogP contribution >= 0.6 is 11.6 Å². The van der Waals surface area contributed by atoms with E-state index in [4.69, 9.17) is 16.3 Å². The van der Waals surface area contributed by atoms with Gasteiger partial charge in [-0.05, 0) is 44.9 Å². The highest BCUT2D eigenvalue weighted by molar-refractivity contribution is 7.89. The molecule has 132 valence electrons. The van der Waals surface area contributed by atoms with Gasteiger partial charge < -0.3 is 4.74 Å². The van der Waals surface area contributed by atoms with Gasteiger partial charge in [-0.3, -0.25) is 4.79 Å². The van der Waals surface area contributed by atoms with E-state index in [1.54, 1.807) is 0 Å². The van der Waals surface area contributed by atoms with Crippen molar-refractivity contribution in [1.82, 2.24) is 4.31 Å². The van der Waals surface area contributed by atoms with Gasteiger partial charge >= 0.3 is 5.97 Å². The number of halogens is 1. The van der Waals surface area contributed by atoms with E-state index in [1.807, 2.05) is 0 Å². The van der Waals surface area contributed by atoms with Crippen molar-refractivity contribution in [1.29, 1.82) is 0 Å². The maximum absolute atomic E-state index is 12.7. The lowest BCUT2D eigenvalue weighted by atomic mass is 10.2. The first-order chi connectivity index (χ1) is 11.2. The van der Waals surface area contributed by atoms with Crippen molar-refractivity contribution in [2.45, 2.75) is 44.1 Å². The van der Waals surface area contributed by atoms with Crippen LogP contribution in [0.2, 0.25) is 5.02 Å². The van der Waals surface area contributed by atoms with Gasteiger partial charge in [0.15, 0.2) is 11.9 Å². The third kappa shape index (κ3) is 4.15. The second kappa shape index (κ2) is 7.63. The van der Waals surface area contributed by atoms with Crippen molar-refractivity contribution >= 4 is 33.4 Å². The van der Waals surface area contributed by atoms with Gasteiger partial charge in [0.05, 0.1) is 10.6 Å². The number of piperidine rings is 1. The molecule has 6 nitrogen and oxygen atoms in total. The molecule has 0 saturated carbocycles. The van der Waals surface area contributed by atoms with E-state index in [0.29, 0.717) is 13.1 Å². The summed E-state index contributed by atoms with van der Waals surface area (Å²) in [6.07, 6.45) is 1.70. The molecule has 1 aliphatic rings. The molecule has 1 aromatic rings. The van der Waals surface area contributed by atoms with Gasteiger partial charge in [0, 0.05) is 13.1 Å². The third-order valence-electron chi connectivity index (χ3n) is 3.96. The van der Waals surface area contributed by atoms with Crippen LogP contribution in [-0.2, 0) is 19.6 Å². The topological polar surface area (TPSA) is 80.8 Å². The summed E-state index contributed by atoms with van der Waals surface area (Å²) in [5.41, 5.74) is 0.0445. The summed E-state index contributed by atoms with van der Waals surface area (Å²) < 4.78 is 31.9. The SMILES string of the molecule is CC(=O)C(C)OC(=O)c1ccc(Cl)c(S(=O)(=O)N2CCCCC2)c1. The third-order valence-corrected chi connectivity index (χ3v) is 6.34. The van der Waals surface area contributed by atoms with E-state index in [2.05, 4.69) is 0 Å². The fraction of sp³-hybridized carbons (Fsp3) is 0.500. The number of hydrogen-bond donors (Lipinski definition) is 0. The standard InChI is InChI=1S/C16H20ClNO5S/c1-11(19)12(2)23-16(20)13-6-7-14(17)15(10-13)24(21,22)18-8-4-3-5-9-18/h6-7,10,12H,3-5,8-9H2,1-2H3. The van der Waals surface area contributed by atoms with Crippen LogP contribution in [-0.4, -0.2) is 43.7 Å². The summed E-state index contributed by atoms with van der Waals surface area (Å²) >= 11 is 6.05. The fourth-order valence-electron chi connectivity index (χ4n) is 2.38. The molecular weight excluding hydrogens is 354 g/mol. The predicted molar refractivity (Wildman–Crippen MR) is 89.6 cm³/mol. The second-order valence-electron chi connectivity index (χ2n) is 5.77. The lowest BCUT2D eigenvalue weighted by Crippen LogP contribution is -2.35. The van der Waals surface area contributed by atoms with Crippen molar-refractivity contribution in [2.24, 2.45) is 0 Å². The Bertz CT molecular complexity index is 741. The molecule has 0 spiro atoms. The lowest BCUT2D eigenvalue weighted by Gasteiger charge is -2.26. The van der Waals surface area contributed by atoms with E-state index in [1.165, 1.54) is 36.4 Å². The summed E-state index contributed by atoms with van der Waals surface area (Å²) in [4.78, 5) is 23.2. The molecule has 1 saturated heterocycles. The Hall–Kier alpha value is -1.44. The molecule has 0 aliphatic carbocycles. The molecule has 1 fully saturated rings. The minimum atomic E-state index is -3.77. The van der Waals surface area contributed by atoms with Crippen molar-refractivity contribution in [3.8, 4) is 0 Å². The number of carbonyl (C=O) groups excluding carboxylic acids is 2. The Labute approximate surface area is 146 Å². The Morgan fingerprint density at radius 2 is 1.83 bits per heavy atom. The molecule has 2 rings (SSSR count). The van der Waals surface area contributed by atoms with Crippen molar-refractivity contribution < 1.29 is 22.7 Å². The van der Waals surface area contributed by atoms with Gasteiger partial charge in [0.1, 0.15) is 4.90 Å². The number of rotatable bonds is 5. The number of sulfonamides is 1. The molecule has 24 heavy (non-hydrogen) atoms. The number of benzene rings is 1. The maximum atomic E-state index is 12.7. The molecule has 1 heterocycles. The van der Waals surface area contributed by atoms with E-state index in [9.17, 15) is 18.0 Å². The maximum Gasteiger partial charge on any atom is 0.338 e. The molecule has 0 radical (unpaired) electrons. The summed E-state index contributed by atoms with van der Waals surface area (Å²) in [6.45, 7) is 3.65. The number of ketones is 1. The first kappa shape index (κ1) is 18.9. The number of esters is 1. The first-order valence-electron chi connectivity index (χ1n) is 7.74. The molecule has 1 aliphatic heterocycles. The van der Waals surface area contributed by atoms with Crippen molar-refractivity contribution in [3.05, 3.63) is 28.8 Å². The summed E-state index contributed by atoms with van der Waals surface area (Å²) in [6, 6.07) is 3.95. The molecule has 1 atom stereocenters. The average Bonchev–Trinajstić information content (AvgIpc) is 2.55. The van der Waals surface area contributed by atoms with E-state index < -0.39 is 22.1 Å². The highest BCUT2D eigenvalue weighted by atomic mass is 35.5. The molecule has 0 amide bonds. The zero-order chi connectivity index (χ0) is 17.9. The van der Waals surface area contributed by atoms with Crippen LogP contribution in [0.15, 0.2) is 23.1 Å². The lowest BCUT2D eigenvalue weighted by molar-refractivity contribution is -0.124. The van der Waals surface area contributed by atoms with Crippen LogP contribution in [0.5, 0.6) is 0 Å². The number of Topliss-reactive ketones (excluding diaryl/α,β-unsaturated/α-hetero) is 1. The number of hydrogen-bond acceptors (Lipinski definition) is 5. The highest BCUT2D eigenvalue weighted by Crippen LogP contribution is 2.28. The van der Waals surface area contributed by atoms with Crippen LogP contribution < -0.4 is 0 Å². The van der Waals surface area contributed by atoms with Crippen LogP contribution in [0, 0.1) is 0 Å². The first-order valence-corrected chi connectivity index (χ1v) is 9.56. The molecular formula is C16H20ClNO5S. The quantitative estimate of drug-likeness (QED) is 0.741. The minimum absolute atomic E-state index is 0.0445. The Morgan fingerprint density at radius 3 is 2.42 bits per heavy atom. The minimum Gasteiger partial charge on any atom is -0.451 e. The molecule has 1 unspecified atom stereocenters. The Morgan fingerprint density at radius 1 is 1.21 bits per heavy atom. The van der Waals surface area contributed by atoms with Gasteiger partial charge in [-0.25, -0.2) is 13.2 Å². The molecule has 1 aromatic carbocycles. The average molecular weight is 374 g/mol. The summed E-state index contributed by atoms with van der Waals surface area (Å²) in [5, 5.41) is 0.0525. The van der Waals surface area contributed by atoms with Crippen molar-refractivity contribution in [3.63, 3.8) is 0 Å². The fourth-order valence-corrected chi connectivity index (χ4v) is 4.40. The monoisotopic (exact) mass is 373 g/mol. The zero-order valence-corrected chi connectivity index (χ0v) is 15.2. The van der Waals surface area contributed by atoms with E-state index in [-0.39, 0.29) is 21.3 Å². The molecule has 0 aromatic heterocycles. The van der Waals surface area contributed by atoms with Gasteiger partial charge in [0.2, 0.25) is 10.0 Å². The Balaban J connectivity index is 2.31. The molecule has 0 N–H and O–H groups in total. The number of nitrogens with zero attached hydrogens (tertiary/aromatic N) is 1. The Kier molecular flexibility index (Phi) is 6.01. The van der Waals surface area contributed by atoms with E-state index >= 15 is 0 Å². The second-order valence-corrected chi connectivity index (χ2v) is 8.08. The normalized spacial score (nSPS) is 17.3. The summed E-state index contributed by atoms with van der Waals surface area (Å²) in [7, 11) is -3.77. The summed E-state index contributed by atoms with van der Waals surface area (Å²) in [5.74, 6) is -1.05. The van der Waals surface area contributed by atoms with Gasteiger partial charge in [-0.15, -0.1) is 0 Å². The predicted octanol–water partition coefficient (Wildman–Crippen LogP) is 2.65. The van der Waals surface area contributed by atoms with Crippen LogP contribution in [0.3, 0.4) is 0 Å². The van der Waals surface area contributed by atoms with Gasteiger partial charge in [-0.2, -0.15) is 4.31 Å². The largest absolute Gasteiger partial charge is 0.451 e. The zero-order valence-electron chi connectivity index (χ0n) is 13.6. The van der Waals surface area contributed by atoms with Gasteiger partial charge in [0.25, 0.3) is 0 Å².